The van der Waals surface area contributed by atoms with E-state index in [0.29, 0.717) is 12.8 Å². The van der Waals surface area contributed by atoms with Gasteiger partial charge in [0.25, 0.3) is 0 Å². The third kappa shape index (κ3) is 4.38. The van der Waals surface area contributed by atoms with Crippen molar-refractivity contribution < 1.29 is 23.0 Å². The average molecular weight is 226 g/mol. The summed E-state index contributed by atoms with van der Waals surface area (Å²) < 4.78 is 39.6. The lowest BCUT2D eigenvalue weighted by atomic mass is 10.1. The van der Waals surface area contributed by atoms with Crippen molar-refractivity contribution in [1.82, 2.24) is 0 Å². The smallest absolute Gasteiger partial charge is 0.389 e. The van der Waals surface area contributed by atoms with Crippen LogP contribution < -0.4 is 0 Å². The van der Waals surface area contributed by atoms with Gasteiger partial charge in [-0.1, -0.05) is 13.3 Å². The van der Waals surface area contributed by atoms with Crippen LogP contribution >= 0.6 is 0 Å². The van der Waals surface area contributed by atoms with Gasteiger partial charge in [-0.3, -0.25) is 0 Å². The number of alkyl halides is 3. The van der Waals surface area contributed by atoms with Gasteiger partial charge in [-0.25, -0.2) is 0 Å². The summed E-state index contributed by atoms with van der Waals surface area (Å²) in [4.78, 5) is 0. The lowest BCUT2D eigenvalue weighted by molar-refractivity contribution is -0.175. The molecule has 0 aromatic rings. The second-order valence-electron chi connectivity index (χ2n) is 4.21. The largest absolute Gasteiger partial charge is 0.411 e. The Kier molecular flexibility index (Phi) is 4.00. The van der Waals surface area contributed by atoms with Crippen molar-refractivity contribution in [3.8, 4) is 0 Å². The first kappa shape index (κ1) is 12.8. The van der Waals surface area contributed by atoms with Crippen molar-refractivity contribution in [3.63, 3.8) is 0 Å². The molecule has 1 saturated carbocycles. The zero-order valence-electron chi connectivity index (χ0n) is 8.81. The summed E-state index contributed by atoms with van der Waals surface area (Å²) in [5.41, 5.74) is -0.748. The molecule has 1 aliphatic rings. The summed E-state index contributed by atoms with van der Waals surface area (Å²) in [6.45, 7) is 0.788. The molecule has 1 rings (SSSR count). The van der Waals surface area contributed by atoms with E-state index >= 15 is 0 Å². The Labute approximate surface area is 87.4 Å². The molecule has 0 bridgehead atoms. The summed E-state index contributed by atoms with van der Waals surface area (Å²) in [7, 11) is 0. The molecule has 2 unspecified atom stereocenters. The van der Waals surface area contributed by atoms with Crippen molar-refractivity contribution in [2.75, 3.05) is 13.2 Å². The quantitative estimate of drug-likeness (QED) is 0.705. The Balaban J connectivity index is 2.07. The Morgan fingerprint density at radius 2 is 2.13 bits per heavy atom. The predicted molar refractivity (Wildman–Crippen MR) is 49.5 cm³/mol. The molecule has 5 heteroatoms. The fourth-order valence-electron chi connectivity index (χ4n) is 1.83. The molecule has 0 saturated heterocycles. The third-order valence-corrected chi connectivity index (χ3v) is 2.78. The van der Waals surface area contributed by atoms with Crippen molar-refractivity contribution in [3.05, 3.63) is 0 Å². The van der Waals surface area contributed by atoms with E-state index in [1.54, 1.807) is 0 Å². The van der Waals surface area contributed by atoms with Gasteiger partial charge in [-0.05, 0) is 25.2 Å². The lowest BCUT2D eigenvalue weighted by Crippen LogP contribution is -2.20. The molecular formula is C10H17F3O2. The van der Waals surface area contributed by atoms with Gasteiger partial charge in [-0.15, -0.1) is 0 Å². The van der Waals surface area contributed by atoms with Gasteiger partial charge in [-0.2, -0.15) is 13.2 Å². The molecule has 0 radical (unpaired) electrons. The van der Waals surface area contributed by atoms with E-state index in [1.165, 1.54) is 0 Å². The fraction of sp³-hybridized carbons (Fsp3) is 1.00. The second kappa shape index (κ2) is 4.70. The van der Waals surface area contributed by atoms with Crippen LogP contribution in [-0.4, -0.2) is 30.1 Å². The summed E-state index contributed by atoms with van der Waals surface area (Å²) in [6, 6.07) is 0. The molecule has 15 heavy (non-hydrogen) atoms. The first-order valence-corrected chi connectivity index (χ1v) is 5.24. The van der Waals surface area contributed by atoms with Crippen LogP contribution in [0, 0.1) is 5.92 Å². The highest BCUT2D eigenvalue weighted by Crippen LogP contribution is 2.48. The molecule has 0 heterocycles. The summed E-state index contributed by atoms with van der Waals surface area (Å²) in [5, 5.41) is 9.79. The minimum Gasteiger partial charge on any atom is -0.389 e. The molecular weight excluding hydrogens is 209 g/mol. The number of rotatable bonds is 6. The van der Waals surface area contributed by atoms with E-state index in [4.69, 9.17) is 0 Å². The van der Waals surface area contributed by atoms with Gasteiger partial charge in [0.2, 0.25) is 0 Å². The van der Waals surface area contributed by atoms with Crippen LogP contribution in [0.3, 0.4) is 0 Å². The van der Waals surface area contributed by atoms with E-state index in [1.807, 2.05) is 6.92 Å². The Hall–Kier alpha value is -0.290. The standard InChI is InChI=1S/C10H17F3O2/c1-2-3-8-6-9(8,14)4-5-15-7-10(11,12)13/h8,14H,2-7H2,1H3. The van der Waals surface area contributed by atoms with Gasteiger partial charge in [0.05, 0.1) is 5.60 Å². The maximum Gasteiger partial charge on any atom is 0.411 e. The number of hydrogen-bond donors (Lipinski definition) is 1. The molecule has 0 aromatic carbocycles. The molecule has 1 fully saturated rings. The average Bonchev–Trinajstić information content (AvgIpc) is 2.71. The molecule has 2 nitrogen and oxygen atoms in total. The van der Waals surface area contributed by atoms with Crippen molar-refractivity contribution in [1.29, 1.82) is 0 Å². The van der Waals surface area contributed by atoms with Crippen molar-refractivity contribution in [2.45, 2.75) is 44.4 Å². The van der Waals surface area contributed by atoms with Crippen molar-refractivity contribution in [2.24, 2.45) is 5.92 Å². The van der Waals surface area contributed by atoms with Gasteiger partial charge >= 0.3 is 6.18 Å². The number of aliphatic hydroxyl groups is 1. The zero-order valence-corrected chi connectivity index (χ0v) is 8.81. The number of ether oxygens (including phenoxy) is 1. The fourth-order valence-corrected chi connectivity index (χ4v) is 1.83. The maximum atomic E-state index is 11.7. The normalized spacial score (nSPS) is 30.6. The monoisotopic (exact) mass is 226 g/mol. The predicted octanol–water partition coefficient (Wildman–Crippen LogP) is 2.51. The van der Waals surface area contributed by atoms with Crippen LogP contribution in [0.25, 0.3) is 0 Å². The summed E-state index contributed by atoms with van der Waals surface area (Å²) in [5.74, 6) is 0.261. The van der Waals surface area contributed by atoms with Crippen LogP contribution in [0.4, 0.5) is 13.2 Å². The topological polar surface area (TPSA) is 29.5 Å². The Morgan fingerprint density at radius 3 is 2.67 bits per heavy atom. The van der Waals surface area contributed by atoms with E-state index < -0.39 is 18.4 Å². The Morgan fingerprint density at radius 1 is 1.47 bits per heavy atom. The zero-order chi connectivity index (χ0) is 11.5. The molecule has 1 N–H and O–H groups in total. The van der Waals surface area contributed by atoms with Crippen LogP contribution in [0.1, 0.15) is 32.6 Å². The maximum absolute atomic E-state index is 11.7. The summed E-state index contributed by atoms with van der Waals surface area (Å²) >= 11 is 0. The third-order valence-electron chi connectivity index (χ3n) is 2.78. The number of halogens is 3. The first-order valence-electron chi connectivity index (χ1n) is 5.24. The molecule has 0 spiro atoms. The minimum atomic E-state index is -4.27. The van der Waals surface area contributed by atoms with Crippen LogP contribution in [0.2, 0.25) is 0 Å². The second-order valence-corrected chi connectivity index (χ2v) is 4.21. The van der Waals surface area contributed by atoms with E-state index in [-0.39, 0.29) is 12.5 Å². The van der Waals surface area contributed by atoms with Gasteiger partial charge in [0.15, 0.2) is 0 Å². The Bertz CT molecular complexity index is 205. The summed E-state index contributed by atoms with van der Waals surface area (Å²) in [6.07, 6.45) is -1.31. The highest BCUT2D eigenvalue weighted by Gasteiger charge is 2.51. The van der Waals surface area contributed by atoms with Crippen LogP contribution in [-0.2, 0) is 4.74 Å². The molecule has 0 aromatic heterocycles. The van der Waals surface area contributed by atoms with Crippen LogP contribution in [0.5, 0.6) is 0 Å². The SMILES string of the molecule is CCCC1CC1(O)CCOCC(F)(F)F. The highest BCUT2D eigenvalue weighted by molar-refractivity contribution is 5.02. The lowest BCUT2D eigenvalue weighted by Gasteiger charge is -2.11. The number of hydrogen-bond acceptors (Lipinski definition) is 2. The highest BCUT2D eigenvalue weighted by atomic mass is 19.4. The van der Waals surface area contributed by atoms with Gasteiger partial charge < -0.3 is 9.84 Å². The van der Waals surface area contributed by atoms with E-state index in [9.17, 15) is 18.3 Å². The van der Waals surface area contributed by atoms with Gasteiger partial charge in [0, 0.05) is 6.61 Å². The molecule has 1 aliphatic carbocycles. The van der Waals surface area contributed by atoms with Gasteiger partial charge in [0.1, 0.15) is 6.61 Å². The minimum absolute atomic E-state index is 0.0176. The van der Waals surface area contributed by atoms with E-state index in [0.717, 1.165) is 12.8 Å². The molecule has 2 atom stereocenters. The first-order chi connectivity index (χ1) is 6.87. The van der Waals surface area contributed by atoms with Crippen molar-refractivity contribution >= 4 is 0 Å². The van der Waals surface area contributed by atoms with E-state index in [2.05, 4.69) is 4.74 Å². The van der Waals surface area contributed by atoms with Crippen LogP contribution in [0.15, 0.2) is 0 Å². The molecule has 0 amide bonds. The molecule has 90 valence electrons. The molecule has 0 aliphatic heterocycles.